The third kappa shape index (κ3) is 5.77. The Hall–Kier alpha value is -3.46. The first kappa shape index (κ1) is 21.3. The lowest BCUT2D eigenvalue weighted by atomic mass is 10.1. The summed E-state index contributed by atoms with van der Waals surface area (Å²) in [6, 6.07) is 12.4. The predicted octanol–water partition coefficient (Wildman–Crippen LogP) is 2.22. The van der Waals surface area contributed by atoms with Crippen LogP contribution >= 0.6 is 0 Å². The van der Waals surface area contributed by atoms with Gasteiger partial charge < -0.3 is 15.1 Å². The molecule has 9 nitrogen and oxygen atoms in total. The summed E-state index contributed by atoms with van der Waals surface area (Å²) in [5.41, 5.74) is 5.91. The smallest absolute Gasteiger partial charge is 0.270 e. The maximum absolute atomic E-state index is 12.1. The minimum Gasteiger partial charge on any atom is -0.376 e. The van der Waals surface area contributed by atoms with E-state index < -0.39 is 4.92 Å². The van der Waals surface area contributed by atoms with Crippen LogP contribution in [-0.4, -0.2) is 61.7 Å². The van der Waals surface area contributed by atoms with Gasteiger partial charge in [0.2, 0.25) is 0 Å². The van der Waals surface area contributed by atoms with Crippen LogP contribution in [0.4, 0.5) is 17.1 Å². The van der Waals surface area contributed by atoms with Gasteiger partial charge in [0.05, 0.1) is 17.7 Å². The first-order chi connectivity index (χ1) is 14.4. The second kappa shape index (κ2) is 9.84. The molecule has 30 heavy (non-hydrogen) atoms. The average Bonchev–Trinajstić information content (AvgIpc) is 2.74. The fourth-order valence-electron chi connectivity index (χ4n) is 3.16. The Kier molecular flexibility index (Phi) is 6.97. The van der Waals surface area contributed by atoms with Crippen molar-refractivity contribution in [2.45, 2.75) is 6.92 Å². The molecule has 1 saturated heterocycles. The number of aryl methyl sites for hydroxylation is 1. The molecule has 2 aromatic rings. The van der Waals surface area contributed by atoms with Crippen molar-refractivity contribution in [2.24, 2.45) is 5.10 Å². The number of amides is 1. The van der Waals surface area contributed by atoms with Crippen LogP contribution in [0.5, 0.6) is 0 Å². The molecule has 0 saturated carbocycles. The van der Waals surface area contributed by atoms with Crippen molar-refractivity contribution in [3.63, 3.8) is 0 Å². The van der Waals surface area contributed by atoms with Crippen molar-refractivity contribution >= 4 is 29.2 Å². The monoisotopic (exact) mass is 410 g/mol. The SMILES string of the molecule is Cc1ccc(NCC(=O)NN=Cc2cc([N+](=O)[O-])ccc2N2CCN(C)CC2)cc1. The van der Waals surface area contributed by atoms with E-state index in [1.54, 1.807) is 6.07 Å². The largest absolute Gasteiger partial charge is 0.376 e. The molecular formula is C21H26N6O3. The van der Waals surface area contributed by atoms with E-state index in [-0.39, 0.29) is 18.1 Å². The lowest BCUT2D eigenvalue weighted by Crippen LogP contribution is -2.44. The molecule has 2 N–H and O–H groups in total. The van der Waals surface area contributed by atoms with Gasteiger partial charge in [-0.2, -0.15) is 5.10 Å². The molecule has 0 bridgehead atoms. The number of nitrogens with one attached hydrogen (secondary N) is 2. The highest BCUT2D eigenvalue weighted by Crippen LogP contribution is 2.25. The number of hydrazone groups is 1. The summed E-state index contributed by atoms with van der Waals surface area (Å²) in [5, 5.41) is 18.2. The van der Waals surface area contributed by atoms with Crippen molar-refractivity contribution in [1.82, 2.24) is 10.3 Å². The predicted molar refractivity (Wildman–Crippen MR) is 118 cm³/mol. The maximum atomic E-state index is 12.1. The van der Waals surface area contributed by atoms with Crippen LogP contribution in [0.15, 0.2) is 47.6 Å². The number of nitro benzene ring substituents is 1. The zero-order valence-electron chi connectivity index (χ0n) is 17.2. The van der Waals surface area contributed by atoms with Gasteiger partial charge in [-0.15, -0.1) is 0 Å². The Morgan fingerprint density at radius 3 is 2.53 bits per heavy atom. The highest BCUT2D eigenvalue weighted by molar-refractivity contribution is 5.90. The molecule has 1 fully saturated rings. The number of hydrogen-bond donors (Lipinski definition) is 2. The van der Waals surface area contributed by atoms with Gasteiger partial charge in [-0.05, 0) is 32.2 Å². The number of non-ortho nitro benzene ring substituents is 1. The first-order valence-electron chi connectivity index (χ1n) is 9.77. The first-order valence-corrected chi connectivity index (χ1v) is 9.77. The van der Waals surface area contributed by atoms with Crippen LogP contribution in [0, 0.1) is 17.0 Å². The minimum atomic E-state index is -0.435. The van der Waals surface area contributed by atoms with E-state index >= 15 is 0 Å². The summed E-state index contributed by atoms with van der Waals surface area (Å²) in [4.78, 5) is 27.2. The Bertz CT molecular complexity index is 921. The standard InChI is InChI=1S/C21H26N6O3/c1-16-3-5-18(6-4-16)22-15-21(28)24-23-14-17-13-19(27(29)30)7-8-20(17)26-11-9-25(2)10-12-26/h3-8,13-14,22H,9-12,15H2,1-2H3,(H,24,28). The highest BCUT2D eigenvalue weighted by atomic mass is 16.6. The van der Waals surface area contributed by atoms with E-state index in [0.717, 1.165) is 43.1 Å². The fraction of sp³-hybridized carbons (Fsp3) is 0.333. The van der Waals surface area contributed by atoms with Crippen molar-refractivity contribution < 1.29 is 9.72 Å². The Morgan fingerprint density at radius 2 is 1.87 bits per heavy atom. The molecule has 158 valence electrons. The molecule has 0 atom stereocenters. The molecule has 0 spiro atoms. The number of hydrogen-bond acceptors (Lipinski definition) is 7. The molecule has 2 aromatic carbocycles. The zero-order chi connectivity index (χ0) is 21.5. The number of anilines is 2. The normalized spacial score (nSPS) is 14.7. The van der Waals surface area contributed by atoms with Crippen molar-refractivity contribution in [3.05, 3.63) is 63.7 Å². The lowest BCUT2D eigenvalue weighted by Gasteiger charge is -2.34. The minimum absolute atomic E-state index is 0.0123. The number of rotatable bonds is 7. The van der Waals surface area contributed by atoms with E-state index in [1.807, 2.05) is 31.2 Å². The quantitative estimate of drug-likeness (QED) is 0.412. The number of piperazine rings is 1. The van der Waals surface area contributed by atoms with Gasteiger partial charge in [-0.3, -0.25) is 14.9 Å². The fourth-order valence-corrected chi connectivity index (χ4v) is 3.16. The van der Waals surface area contributed by atoms with E-state index in [9.17, 15) is 14.9 Å². The highest BCUT2D eigenvalue weighted by Gasteiger charge is 2.18. The summed E-state index contributed by atoms with van der Waals surface area (Å²) in [6.07, 6.45) is 1.46. The van der Waals surface area contributed by atoms with Crippen LogP contribution in [0.2, 0.25) is 0 Å². The number of carbonyl (C=O) groups is 1. The lowest BCUT2D eigenvalue weighted by molar-refractivity contribution is -0.384. The van der Waals surface area contributed by atoms with Gasteiger partial charge in [0.25, 0.3) is 11.6 Å². The molecule has 3 rings (SSSR count). The van der Waals surface area contributed by atoms with E-state index in [4.69, 9.17) is 0 Å². The Labute approximate surface area is 175 Å². The van der Waals surface area contributed by atoms with Gasteiger partial charge >= 0.3 is 0 Å². The van der Waals surface area contributed by atoms with Gasteiger partial charge in [-0.25, -0.2) is 5.43 Å². The summed E-state index contributed by atoms with van der Waals surface area (Å²) in [6.45, 7) is 5.53. The molecule has 0 radical (unpaired) electrons. The van der Waals surface area contributed by atoms with Gasteiger partial charge in [0.1, 0.15) is 0 Å². The van der Waals surface area contributed by atoms with Crippen molar-refractivity contribution in [2.75, 3.05) is 50.0 Å². The maximum Gasteiger partial charge on any atom is 0.270 e. The molecule has 1 heterocycles. The molecule has 0 aromatic heterocycles. The molecule has 1 amide bonds. The summed E-state index contributed by atoms with van der Waals surface area (Å²) < 4.78 is 0. The topological polar surface area (TPSA) is 103 Å². The summed E-state index contributed by atoms with van der Waals surface area (Å²) in [7, 11) is 2.07. The number of likely N-dealkylation sites (N-methyl/N-ethyl adjacent to an activating group) is 1. The Morgan fingerprint density at radius 1 is 1.17 bits per heavy atom. The summed E-state index contributed by atoms with van der Waals surface area (Å²) in [5.74, 6) is -0.307. The van der Waals surface area contributed by atoms with Crippen molar-refractivity contribution in [1.29, 1.82) is 0 Å². The Balaban J connectivity index is 1.65. The molecule has 0 unspecified atom stereocenters. The van der Waals surface area contributed by atoms with E-state index in [1.165, 1.54) is 18.3 Å². The number of nitrogens with zero attached hydrogens (tertiary/aromatic N) is 4. The van der Waals surface area contributed by atoms with Crippen LogP contribution in [0.3, 0.4) is 0 Å². The number of nitro groups is 1. The third-order valence-electron chi connectivity index (χ3n) is 4.96. The molecular weight excluding hydrogens is 384 g/mol. The van der Waals surface area contributed by atoms with Crippen LogP contribution in [-0.2, 0) is 4.79 Å². The van der Waals surface area contributed by atoms with E-state index in [2.05, 4.69) is 32.7 Å². The summed E-state index contributed by atoms with van der Waals surface area (Å²) >= 11 is 0. The van der Waals surface area contributed by atoms with Gasteiger partial charge in [0.15, 0.2) is 0 Å². The van der Waals surface area contributed by atoms with Crippen molar-refractivity contribution in [3.8, 4) is 0 Å². The second-order valence-electron chi connectivity index (χ2n) is 7.30. The van der Waals surface area contributed by atoms with E-state index in [0.29, 0.717) is 5.56 Å². The molecule has 9 heteroatoms. The molecule has 1 aliphatic heterocycles. The van der Waals surface area contributed by atoms with Gasteiger partial charge in [-0.1, -0.05) is 17.7 Å². The third-order valence-corrected chi connectivity index (χ3v) is 4.96. The molecule has 1 aliphatic rings. The number of benzene rings is 2. The van der Waals surface area contributed by atoms with Crippen LogP contribution in [0.1, 0.15) is 11.1 Å². The molecule has 0 aliphatic carbocycles. The zero-order valence-corrected chi connectivity index (χ0v) is 17.2. The average molecular weight is 410 g/mol. The van der Waals surface area contributed by atoms with Gasteiger partial charge in [0, 0.05) is 55.2 Å². The van der Waals surface area contributed by atoms with Crippen LogP contribution in [0.25, 0.3) is 0 Å². The second-order valence-corrected chi connectivity index (χ2v) is 7.30. The number of carbonyl (C=O) groups excluding carboxylic acids is 1. The van der Waals surface area contributed by atoms with Crippen LogP contribution < -0.4 is 15.6 Å².